The standard InChI is InChI=1S/C21H25NO3/c1-14-7-9-16(10-8-14)18-6-5-11-22(18)21(23)17-12-19(24-3)15(2)20(13-17)25-4/h7-10,12-13,18H,5-6,11H2,1-4H3. The number of carbonyl (C=O) groups excluding carboxylic acids is 1. The number of carbonyl (C=O) groups is 1. The predicted molar refractivity (Wildman–Crippen MR) is 98.5 cm³/mol. The highest BCUT2D eigenvalue weighted by molar-refractivity contribution is 5.95. The molecule has 2 aromatic rings. The highest BCUT2D eigenvalue weighted by atomic mass is 16.5. The van der Waals surface area contributed by atoms with Gasteiger partial charge in [-0.1, -0.05) is 29.8 Å². The number of methoxy groups -OCH3 is 2. The van der Waals surface area contributed by atoms with Crippen LogP contribution in [0.1, 0.15) is 45.9 Å². The fourth-order valence-corrected chi connectivity index (χ4v) is 3.52. The van der Waals surface area contributed by atoms with Crippen molar-refractivity contribution in [1.29, 1.82) is 0 Å². The molecular formula is C21H25NO3. The molecule has 0 aromatic heterocycles. The third-order valence-corrected chi connectivity index (χ3v) is 4.97. The molecule has 0 spiro atoms. The van der Waals surface area contributed by atoms with Crippen LogP contribution in [0.15, 0.2) is 36.4 Å². The molecule has 1 aliphatic heterocycles. The molecule has 1 aliphatic rings. The van der Waals surface area contributed by atoms with E-state index in [2.05, 4.69) is 31.2 Å². The molecule has 3 rings (SSSR count). The molecule has 0 radical (unpaired) electrons. The van der Waals surface area contributed by atoms with Crippen LogP contribution in [0.2, 0.25) is 0 Å². The number of hydrogen-bond acceptors (Lipinski definition) is 3. The van der Waals surface area contributed by atoms with Crippen LogP contribution >= 0.6 is 0 Å². The van der Waals surface area contributed by atoms with Crippen molar-refractivity contribution in [1.82, 2.24) is 4.90 Å². The normalized spacial score (nSPS) is 16.8. The highest BCUT2D eigenvalue weighted by Crippen LogP contribution is 2.35. The van der Waals surface area contributed by atoms with Crippen molar-refractivity contribution >= 4 is 5.91 Å². The summed E-state index contributed by atoms with van der Waals surface area (Å²) in [6.45, 7) is 4.78. The van der Waals surface area contributed by atoms with E-state index in [0.29, 0.717) is 17.1 Å². The predicted octanol–water partition coefficient (Wildman–Crippen LogP) is 4.30. The van der Waals surface area contributed by atoms with Crippen molar-refractivity contribution in [2.45, 2.75) is 32.7 Å². The van der Waals surface area contributed by atoms with E-state index in [-0.39, 0.29) is 11.9 Å². The maximum Gasteiger partial charge on any atom is 0.254 e. The smallest absolute Gasteiger partial charge is 0.254 e. The lowest BCUT2D eigenvalue weighted by atomic mass is 10.0. The van der Waals surface area contributed by atoms with E-state index in [1.54, 1.807) is 14.2 Å². The number of nitrogens with zero attached hydrogens (tertiary/aromatic N) is 1. The van der Waals surface area contributed by atoms with Crippen LogP contribution in [0.25, 0.3) is 0 Å². The Morgan fingerprint density at radius 1 is 1.04 bits per heavy atom. The largest absolute Gasteiger partial charge is 0.496 e. The van der Waals surface area contributed by atoms with Gasteiger partial charge in [-0.15, -0.1) is 0 Å². The summed E-state index contributed by atoms with van der Waals surface area (Å²) in [5, 5.41) is 0. The number of amides is 1. The van der Waals surface area contributed by atoms with Crippen molar-refractivity contribution in [3.05, 3.63) is 58.7 Å². The first-order valence-electron chi connectivity index (χ1n) is 8.65. The number of rotatable bonds is 4. The first-order chi connectivity index (χ1) is 12.0. The van der Waals surface area contributed by atoms with Crippen molar-refractivity contribution < 1.29 is 14.3 Å². The topological polar surface area (TPSA) is 38.8 Å². The Balaban J connectivity index is 1.93. The molecule has 1 atom stereocenters. The van der Waals surface area contributed by atoms with E-state index in [4.69, 9.17) is 9.47 Å². The molecule has 0 aliphatic carbocycles. The molecule has 1 heterocycles. The quantitative estimate of drug-likeness (QED) is 0.834. The Labute approximate surface area is 149 Å². The molecule has 1 amide bonds. The summed E-state index contributed by atoms with van der Waals surface area (Å²) in [5.41, 5.74) is 3.94. The minimum absolute atomic E-state index is 0.0275. The van der Waals surface area contributed by atoms with Crippen LogP contribution in [-0.2, 0) is 0 Å². The van der Waals surface area contributed by atoms with Gasteiger partial charge in [0, 0.05) is 17.7 Å². The fourth-order valence-electron chi connectivity index (χ4n) is 3.52. The maximum absolute atomic E-state index is 13.2. The Bertz CT molecular complexity index is 742. The molecule has 132 valence electrons. The Morgan fingerprint density at radius 2 is 1.64 bits per heavy atom. The lowest BCUT2D eigenvalue weighted by Crippen LogP contribution is -2.30. The van der Waals surface area contributed by atoms with Gasteiger partial charge < -0.3 is 14.4 Å². The second-order valence-electron chi connectivity index (χ2n) is 6.57. The van der Waals surface area contributed by atoms with E-state index < -0.39 is 0 Å². The monoisotopic (exact) mass is 339 g/mol. The molecule has 1 unspecified atom stereocenters. The Morgan fingerprint density at radius 3 is 2.20 bits per heavy atom. The number of hydrogen-bond donors (Lipinski definition) is 0. The summed E-state index contributed by atoms with van der Waals surface area (Å²) in [7, 11) is 3.22. The average Bonchev–Trinajstić information content (AvgIpc) is 3.11. The van der Waals surface area contributed by atoms with Gasteiger partial charge in [-0.3, -0.25) is 4.79 Å². The van der Waals surface area contributed by atoms with E-state index >= 15 is 0 Å². The maximum atomic E-state index is 13.2. The van der Waals surface area contributed by atoms with Gasteiger partial charge in [0.1, 0.15) is 11.5 Å². The number of likely N-dealkylation sites (tertiary alicyclic amines) is 1. The van der Waals surface area contributed by atoms with Gasteiger partial charge >= 0.3 is 0 Å². The molecule has 4 nitrogen and oxygen atoms in total. The molecule has 1 fully saturated rings. The minimum Gasteiger partial charge on any atom is -0.496 e. The van der Waals surface area contributed by atoms with E-state index in [0.717, 1.165) is 24.9 Å². The molecule has 0 bridgehead atoms. The van der Waals surface area contributed by atoms with Crippen LogP contribution in [0.5, 0.6) is 11.5 Å². The van der Waals surface area contributed by atoms with Gasteiger partial charge in [0.05, 0.1) is 20.3 Å². The number of benzene rings is 2. The van der Waals surface area contributed by atoms with E-state index in [1.807, 2.05) is 24.0 Å². The highest BCUT2D eigenvalue weighted by Gasteiger charge is 2.31. The lowest BCUT2D eigenvalue weighted by molar-refractivity contribution is 0.0735. The Kier molecular flexibility index (Phi) is 4.98. The van der Waals surface area contributed by atoms with Crippen LogP contribution in [-0.4, -0.2) is 31.6 Å². The van der Waals surface area contributed by atoms with E-state index in [1.165, 1.54) is 11.1 Å². The van der Waals surface area contributed by atoms with Crippen LogP contribution in [0.4, 0.5) is 0 Å². The summed E-state index contributed by atoms with van der Waals surface area (Å²) in [4.78, 5) is 15.1. The van der Waals surface area contributed by atoms with Crippen molar-refractivity contribution in [3.63, 3.8) is 0 Å². The van der Waals surface area contributed by atoms with Crippen LogP contribution < -0.4 is 9.47 Å². The van der Waals surface area contributed by atoms with Gasteiger partial charge in [0.15, 0.2) is 0 Å². The van der Waals surface area contributed by atoms with Crippen LogP contribution in [0, 0.1) is 13.8 Å². The zero-order valence-electron chi connectivity index (χ0n) is 15.3. The molecule has 1 saturated heterocycles. The second kappa shape index (κ2) is 7.18. The van der Waals surface area contributed by atoms with Gasteiger partial charge in [-0.05, 0) is 44.4 Å². The molecule has 0 saturated carbocycles. The van der Waals surface area contributed by atoms with Gasteiger partial charge in [-0.2, -0.15) is 0 Å². The van der Waals surface area contributed by atoms with Crippen LogP contribution in [0.3, 0.4) is 0 Å². The summed E-state index contributed by atoms with van der Waals surface area (Å²) in [6.07, 6.45) is 2.01. The summed E-state index contributed by atoms with van der Waals surface area (Å²) in [5.74, 6) is 1.38. The van der Waals surface area contributed by atoms with Crippen molar-refractivity contribution in [2.24, 2.45) is 0 Å². The van der Waals surface area contributed by atoms with Gasteiger partial charge in [-0.25, -0.2) is 0 Å². The zero-order valence-corrected chi connectivity index (χ0v) is 15.3. The zero-order chi connectivity index (χ0) is 18.0. The first kappa shape index (κ1) is 17.3. The summed E-state index contributed by atoms with van der Waals surface area (Å²) < 4.78 is 10.8. The van der Waals surface area contributed by atoms with E-state index in [9.17, 15) is 4.79 Å². The molecule has 0 N–H and O–H groups in total. The Hall–Kier alpha value is -2.49. The SMILES string of the molecule is COc1cc(C(=O)N2CCCC2c2ccc(C)cc2)cc(OC)c1C. The van der Waals surface area contributed by atoms with Crippen molar-refractivity contribution in [2.75, 3.05) is 20.8 Å². The lowest BCUT2D eigenvalue weighted by Gasteiger charge is -2.26. The molecular weight excluding hydrogens is 314 g/mol. The minimum atomic E-state index is 0.0275. The van der Waals surface area contributed by atoms with Crippen molar-refractivity contribution in [3.8, 4) is 11.5 Å². The average molecular weight is 339 g/mol. The molecule has 25 heavy (non-hydrogen) atoms. The summed E-state index contributed by atoms with van der Waals surface area (Å²) >= 11 is 0. The fraction of sp³-hybridized carbons (Fsp3) is 0.381. The third kappa shape index (κ3) is 3.34. The number of aryl methyl sites for hydroxylation is 1. The number of ether oxygens (including phenoxy) is 2. The van der Waals surface area contributed by atoms with Gasteiger partial charge in [0.25, 0.3) is 5.91 Å². The van der Waals surface area contributed by atoms with Gasteiger partial charge in [0.2, 0.25) is 0 Å². The molecule has 2 aromatic carbocycles. The molecule has 4 heteroatoms. The second-order valence-corrected chi connectivity index (χ2v) is 6.57. The summed E-state index contributed by atoms with van der Waals surface area (Å²) in [6, 6.07) is 12.2. The first-order valence-corrected chi connectivity index (χ1v) is 8.65. The third-order valence-electron chi connectivity index (χ3n) is 4.97.